The molecule has 0 aliphatic carbocycles. The second-order valence-electron chi connectivity index (χ2n) is 4.01. The largest absolute Gasteiger partial charge is 0.494 e. The molecule has 1 atom stereocenters. The summed E-state index contributed by atoms with van der Waals surface area (Å²) in [7, 11) is -0.0164. The van der Waals surface area contributed by atoms with Gasteiger partial charge in [0.15, 0.2) is 5.52 Å². The summed E-state index contributed by atoms with van der Waals surface area (Å²) >= 11 is 12.1. The minimum Gasteiger partial charge on any atom is -0.494 e. The number of rotatable bonds is 5. The molecule has 0 aromatic heterocycles. The topological polar surface area (TPSA) is 26.3 Å². The van der Waals surface area contributed by atoms with Crippen LogP contribution in [0.1, 0.15) is 17.3 Å². The highest BCUT2D eigenvalue weighted by Crippen LogP contribution is 2.30. The number of ether oxygens (including phenoxy) is 1. The van der Waals surface area contributed by atoms with E-state index in [9.17, 15) is 4.79 Å². The van der Waals surface area contributed by atoms with Gasteiger partial charge in [-0.1, -0.05) is 41.4 Å². The molecule has 0 N–H and O–H groups in total. The van der Waals surface area contributed by atoms with Gasteiger partial charge < -0.3 is 4.74 Å². The maximum atomic E-state index is 12.3. The first kappa shape index (κ1) is 15.3. The summed E-state index contributed by atoms with van der Waals surface area (Å²) in [6.45, 7) is 2.55. The van der Waals surface area contributed by atoms with E-state index in [1.165, 1.54) is 0 Å². The molecule has 0 aliphatic heterocycles. The van der Waals surface area contributed by atoms with E-state index in [0.717, 1.165) is 11.1 Å². The van der Waals surface area contributed by atoms with Gasteiger partial charge in [-0.3, -0.25) is 4.79 Å². The molecule has 0 saturated heterocycles. The summed E-state index contributed by atoms with van der Waals surface area (Å²) in [4.78, 5) is 12.3. The quantitative estimate of drug-likeness (QED) is 0.754. The van der Waals surface area contributed by atoms with Gasteiger partial charge in [0.05, 0.1) is 22.2 Å². The first-order chi connectivity index (χ1) is 9.61. The molecular formula is C15H13Cl2O2P. The fourth-order valence-electron chi connectivity index (χ4n) is 1.71. The Kier molecular flexibility index (Phi) is 5.42. The Morgan fingerprint density at radius 1 is 1.10 bits per heavy atom. The van der Waals surface area contributed by atoms with Crippen molar-refractivity contribution in [3.8, 4) is 5.75 Å². The summed E-state index contributed by atoms with van der Waals surface area (Å²) in [6, 6.07) is 12.5. The smallest absolute Gasteiger partial charge is 0.188 e. The van der Waals surface area contributed by atoms with Crippen LogP contribution in [0.3, 0.4) is 0 Å². The van der Waals surface area contributed by atoms with Crippen LogP contribution in [0.4, 0.5) is 0 Å². The van der Waals surface area contributed by atoms with Crippen LogP contribution in [-0.4, -0.2) is 12.1 Å². The average Bonchev–Trinajstić information content (AvgIpc) is 2.41. The van der Waals surface area contributed by atoms with E-state index < -0.39 is 0 Å². The summed E-state index contributed by atoms with van der Waals surface area (Å²) in [5.74, 6) is 0.796. The van der Waals surface area contributed by atoms with E-state index in [1.807, 2.05) is 31.2 Å². The lowest BCUT2D eigenvalue weighted by Gasteiger charge is -2.07. The molecule has 5 heteroatoms. The van der Waals surface area contributed by atoms with E-state index in [0.29, 0.717) is 22.2 Å². The number of halogens is 2. The van der Waals surface area contributed by atoms with Crippen molar-refractivity contribution in [2.75, 3.05) is 6.61 Å². The van der Waals surface area contributed by atoms with Gasteiger partial charge in [0.2, 0.25) is 0 Å². The van der Waals surface area contributed by atoms with Gasteiger partial charge >= 0.3 is 0 Å². The van der Waals surface area contributed by atoms with Gasteiger partial charge in [-0.05, 0) is 45.1 Å². The molecular weight excluding hydrogens is 314 g/mol. The molecule has 0 bridgehead atoms. The van der Waals surface area contributed by atoms with Crippen LogP contribution >= 0.6 is 31.8 Å². The van der Waals surface area contributed by atoms with E-state index in [1.54, 1.807) is 18.2 Å². The lowest BCUT2D eigenvalue weighted by atomic mass is 10.2. The highest BCUT2D eigenvalue weighted by molar-refractivity contribution is 7.66. The third kappa shape index (κ3) is 3.73. The highest BCUT2D eigenvalue weighted by Gasteiger charge is 2.14. The number of hydrogen-bond donors (Lipinski definition) is 0. The monoisotopic (exact) mass is 326 g/mol. The summed E-state index contributed by atoms with van der Waals surface area (Å²) in [5.41, 5.74) is 0.327. The van der Waals surface area contributed by atoms with Crippen LogP contribution in [0.5, 0.6) is 5.75 Å². The Morgan fingerprint density at radius 2 is 1.70 bits per heavy atom. The minimum absolute atomic E-state index is 0.0164. The SMILES string of the molecule is CCOc1ccc(PC(=O)c2c(Cl)cccc2Cl)cc1. The molecule has 0 heterocycles. The Bertz CT molecular complexity index is 592. The normalized spacial score (nSPS) is 10.9. The number of hydrogen-bond acceptors (Lipinski definition) is 2. The fourth-order valence-corrected chi connectivity index (χ4v) is 3.43. The predicted molar refractivity (Wildman–Crippen MR) is 86.4 cm³/mol. The molecule has 20 heavy (non-hydrogen) atoms. The Hall–Kier alpha value is -1.08. The molecule has 2 aromatic carbocycles. The summed E-state index contributed by atoms with van der Waals surface area (Å²) in [5, 5.41) is 1.70. The molecule has 0 saturated carbocycles. The second-order valence-corrected chi connectivity index (χ2v) is 6.10. The van der Waals surface area contributed by atoms with Gasteiger partial charge in [-0.2, -0.15) is 0 Å². The fraction of sp³-hybridized carbons (Fsp3) is 0.133. The lowest BCUT2D eigenvalue weighted by molar-refractivity contribution is 0.108. The third-order valence-corrected chi connectivity index (χ3v) is 4.34. The van der Waals surface area contributed by atoms with Gasteiger partial charge in [0.1, 0.15) is 5.75 Å². The second kappa shape index (κ2) is 7.08. The maximum Gasteiger partial charge on any atom is 0.188 e. The van der Waals surface area contributed by atoms with Gasteiger partial charge in [0, 0.05) is 0 Å². The van der Waals surface area contributed by atoms with Crippen LogP contribution in [0.15, 0.2) is 42.5 Å². The van der Waals surface area contributed by atoms with Crippen molar-refractivity contribution in [2.24, 2.45) is 0 Å². The zero-order chi connectivity index (χ0) is 14.5. The highest BCUT2D eigenvalue weighted by atomic mass is 35.5. The standard InChI is InChI=1S/C15H13Cl2O2P/c1-2-19-10-6-8-11(9-7-10)20-15(18)14-12(16)4-3-5-13(14)17/h3-9,20H,2H2,1H3. The molecule has 0 amide bonds. The molecule has 0 spiro atoms. The predicted octanol–water partition coefficient (Wildman–Crippen LogP) is 4.54. The Morgan fingerprint density at radius 3 is 2.25 bits per heavy atom. The third-order valence-electron chi connectivity index (χ3n) is 2.61. The van der Waals surface area contributed by atoms with E-state index in [2.05, 4.69) is 0 Å². The zero-order valence-electron chi connectivity index (χ0n) is 10.8. The van der Waals surface area contributed by atoms with Crippen molar-refractivity contribution in [3.05, 3.63) is 58.1 Å². The zero-order valence-corrected chi connectivity index (χ0v) is 13.3. The first-order valence-corrected chi connectivity index (χ1v) is 7.85. The van der Waals surface area contributed by atoms with Crippen molar-refractivity contribution in [1.82, 2.24) is 0 Å². The van der Waals surface area contributed by atoms with Gasteiger partial charge in [-0.25, -0.2) is 0 Å². The Labute approximate surface area is 129 Å². The van der Waals surface area contributed by atoms with Crippen LogP contribution in [0.25, 0.3) is 0 Å². The van der Waals surface area contributed by atoms with Crippen molar-refractivity contribution < 1.29 is 9.53 Å². The van der Waals surface area contributed by atoms with Crippen LogP contribution in [-0.2, 0) is 0 Å². The molecule has 1 unspecified atom stereocenters. The minimum atomic E-state index is -0.0650. The van der Waals surface area contributed by atoms with Crippen LogP contribution in [0, 0.1) is 0 Å². The Balaban J connectivity index is 2.15. The molecule has 104 valence electrons. The van der Waals surface area contributed by atoms with E-state index in [-0.39, 0.29) is 14.1 Å². The molecule has 0 radical (unpaired) electrons. The van der Waals surface area contributed by atoms with Gasteiger partial charge in [0.25, 0.3) is 0 Å². The van der Waals surface area contributed by atoms with E-state index in [4.69, 9.17) is 27.9 Å². The van der Waals surface area contributed by atoms with E-state index >= 15 is 0 Å². The van der Waals surface area contributed by atoms with Crippen molar-refractivity contribution in [2.45, 2.75) is 6.92 Å². The average molecular weight is 327 g/mol. The maximum absolute atomic E-state index is 12.3. The van der Waals surface area contributed by atoms with Crippen molar-refractivity contribution in [1.29, 1.82) is 0 Å². The number of benzene rings is 2. The molecule has 2 nitrogen and oxygen atoms in total. The molecule has 2 rings (SSSR count). The summed E-state index contributed by atoms with van der Waals surface area (Å²) < 4.78 is 5.36. The summed E-state index contributed by atoms with van der Waals surface area (Å²) in [6.07, 6.45) is 0. The molecule has 0 fully saturated rings. The number of carbonyl (C=O) groups excluding carboxylic acids is 1. The lowest BCUT2D eigenvalue weighted by Crippen LogP contribution is -2.02. The van der Waals surface area contributed by atoms with Crippen molar-refractivity contribution in [3.63, 3.8) is 0 Å². The van der Waals surface area contributed by atoms with Crippen LogP contribution < -0.4 is 10.0 Å². The van der Waals surface area contributed by atoms with Crippen LogP contribution in [0.2, 0.25) is 10.0 Å². The first-order valence-electron chi connectivity index (χ1n) is 6.10. The number of carbonyl (C=O) groups is 1. The van der Waals surface area contributed by atoms with Gasteiger partial charge in [-0.15, -0.1) is 0 Å². The van der Waals surface area contributed by atoms with Crippen molar-refractivity contribution >= 4 is 42.6 Å². The molecule has 0 aliphatic rings. The molecule has 2 aromatic rings.